The molecule has 0 unspecified atom stereocenters. The van der Waals surface area contributed by atoms with E-state index >= 15 is 0 Å². The van der Waals surface area contributed by atoms with Crippen LogP contribution in [0, 0.1) is 6.92 Å². The average molecular weight is 486 g/mol. The number of thiazole rings is 1. The lowest BCUT2D eigenvalue weighted by atomic mass is 9.90. The summed E-state index contributed by atoms with van der Waals surface area (Å²) in [6.45, 7) is 1.95. The maximum Gasteiger partial charge on any atom is 0.285 e. The van der Waals surface area contributed by atoms with E-state index in [9.17, 15) is 13.5 Å². The number of hydrogen-bond acceptors (Lipinski definition) is 6. The summed E-state index contributed by atoms with van der Waals surface area (Å²) in [4.78, 5) is 6.57. The van der Waals surface area contributed by atoms with Crippen LogP contribution >= 0.6 is 22.9 Å². The third-order valence-electron chi connectivity index (χ3n) is 5.70. The molecule has 0 radical (unpaired) electrons. The molecular formula is C23H23N3O3S3. The van der Waals surface area contributed by atoms with E-state index in [4.69, 9.17) is 0 Å². The SMILES string of the molecule is Cc1ccc(S(=O)(=O)/N=c2\nc3sc(CCO)c(-c4ccc5c(c4)CCCC5)n3s2)cc1. The first-order valence-corrected chi connectivity index (χ1v) is 13.6. The Morgan fingerprint density at radius 1 is 1.09 bits per heavy atom. The zero-order valence-corrected chi connectivity index (χ0v) is 20.1. The summed E-state index contributed by atoms with van der Waals surface area (Å²) >= 11 is 2.69. The molecule has 9 heteroatoms. The van der Waals surface area contributed by atoms with E-state index in [2.05, 4.69) is 27.6 Å². The van der Waals surface area contributed by atoms with Crippen molar-refractivity contribution in [1.82, 2.24) is 8.77 Å². The number of hydrogen-bond donors (Lipinski definition) is 1. The molecule has 32 heavy (non-hydrogen) atoms. The van der Waals surface area contributed by atoms with E-state index in [1.807, 2.05) is 10.7 Å². The normalized spacial score (nSPS) is 14.8. The van der Waals surface area contributed by atoms with Crippen molar-refractivity contribution in [2.24, 2.45) is 4.40 Å². The van der Waals surface area contributed by atoms with Gasteiger partial charge in [-0.25, -0.2) is 3.79 Å². The quantitative estimate of drug-likeness (QED) is 0.461. The molecule has 0 saturated heterocycles. The van der Waals surface area contributed by atoms with E-state index in [0.29, 0.717) is 11.4 Å². The van der Waals surface area contributed by atoms with E-state index in [1.54, 1.807) is 24.3 Å². The molecule has 0 saturated carbocycles. The fourth-order valence-corrected chi connectivity index (χ4v) is 7.42. The number of benzene rings is 2. The minimum Gasteiger partial charge on any atom is -0.396 e. The molecule has 166 valence electrons. The second-order valence-electron chi connectivity index (χ2n) is 7.98. The third kappa shape index (κ3) is 4.05. The second kappa shape index (κ2) is 8.55. The van der Waals surface area contributed by atoms with Crippen molar-refractivity contribution >= 4 is 37.9 Å². The van der Waals surface area contributed by atoms with Crippen LogP contribution in [0.4, 0.5) is 0 Å². The standard InChI is InChI=1S/C23H23N3O3S3/c1-15-6-10-19(11-7-15)32(28,29)25-22-24-23-26(31-22)21(20(30-23)12-13-27)18-9-8-16-4-2-3-5-17(16)14-18/h6-11,14,27H,2-5,12-13H2,1H3/b25-22+. The van der Waals surface area contributed by atoms with Gasteiger partial charge in [-0.1, -0.05) is 41.2 Å². The summed E-state index contributed by atoms with van der Waals surface area (Å²) in [5, 5.41) is 9.58. The van der Waals surface area contributed by atoms with Gasteiger partial charge < -0.3 is 5.11 Å². The lowest BCUT2D eigenvalue weighted by molar-refractivity contribution is 0.300. The van der Waals surface area contributed by atoms with Gasteiger partial charge in [0.05, 0.1) is 10.6 Å². The largest absolute Gasteiger partial charge is 0.396 e. The van der Waals surface area contributed by atoms with Gasteiger partial charge in [0.1, 0.15) is 0 Å². The summed E-state index contributed by atoms with van der Waals surface area (Å²) in [6, 6.07) is 13.2. The van der Waals surface area contributed by atoms with Crippen molar-refractivity contribution in [2.45, 2.75) is 43.9 Å². The van der Waals surface area contributed by atoms with Crippen molar-refractivity contribution in [2.75, 3.05) is 6.61 Å². The molecular weight excluding hydrogens is 462 g/mol. The summed E-state index contributed by atoms with van der Waals surface area (Å²) in [5.41, 5.74) is 5.81. The lowest BCUT2D eigenvalue weighted by Gasteiger charge is -2.16. The smallest absolute Gasteiger partial charge is 0.285 e. The van der Waals surface area contributed by atoms with Gasteiger partial charge in [-0.05, 0) is 73.5 Å². The molecule has 1 aliphatic rings. The Balaban J connectivity index is 1.63. The van der Waals surface area contributed by atoms with E-state index in [-0.39, 0.29) is 16.3 Å². The first-order valence-electron chi connectivity index (χ1n) is 10.6. The molecule has 0 spiro atoms. The third-order valence-corrected chi connectivity index (χ3v) is 9.19. The number of fused-ring (bicyclic) bond motifs is 2. The molecule has 5 rings (SSSR count). The number of rotatable bonds is 5. The monoisotopic (exact) mass is 485 g/mol. The maximum atomic E-state index is 12.8. The highest BCUT2D eigenvalue weighted by atomic mass is 32.2. The Kier molecular flexibility index (Phi) is 5.75. The number of nitrogens with zero attached hydrogens (tertiary/aromatic N) is 3. The zero-order valence-electron chi connectivity index (χ0n) is 17.6. The first-order chi connectivity index (χ1) is 15.4. The maximum absolute atomic E-state index is 12.8. The number of aromatic nitrogens is 2. The van der Waals surface area contributed by atoms with Gasteiger partial charge in [-0.2, -0.15) is 13.4 Å². The molecule has 0 aliphatic heterocycles. The van der Waals surface area contributed by atoms with Gasteiger partial charge in [-0.15, -0.1) is 4.40 Å². The molecule has 0 bridgehead atoms. The van der Waals surface area contributed by atoms with Crippen molar-refractivity contribution in [1.29, 1.82) is 0 Å². The molecule has 1 N–H and O–H groups in total. The van der Waals surface area contributed by atoms with E-state index in [0.717, 1.165) is 34.5 Å². The van der Waals surface area contributed by atoms with Crippen molar-refractivity contribution in [3.05, 3.63) is 68.8 Å². The second-order valence-corrected chi connectivity index (χ2v) is 11.6. The van der Waals surface area contributed by atoms with Crippen LogP contribution in [0.15, 0.2) is 51.8 Å². The molecule has 6 nitrogen and oxygen atoms in total. The summed E-state index contributed by atoms with van der Waals surface area (Å²) in [5.74, 6) is 0. The Morgan fingerprint density at radius 2 is 1.84 bits per heavy atom. The van der Waals surface area contributed by atoms with Gasteiger partial charge in [0.15, 0.2) is 0 Å². The minimum absolute atomic E-state index is 0.0469. The number of sulfonamides is 1. The fraction of sp³-hybridized carbons (Fsp3) is 0.304. The number of aryl methyl sites for hydroxylation is 3. The van der Waals surface area contributed by atoms with Crippen molar-refractivity contribution in [3.8, 4) is 11.3 Å². The Labute approximate surface area is 194 Å². The van der Waals surface area contributed by atoms with Crippen LogP contribution in [0.25, 0.3) is 16.2 Å². The Bertz CT molecular complexity index is 1460. The van der Waals surface area contributed by atoms with Gasteiger partial charge in [0, 0.05) is 23.5 Å². The Hall–Kier alpha value is -2.33. The number of aliphatic hydroxyl groups excluding tert-OH is 1. The molecule has 4 aromatic rings. The van der Waals surface area contributed by atoms with E-state index < -0.39 is 10.0 Å². The molecule has 0 amide bonds. The fourth-order valence-electron chi connectivity index (χ4n) is 4.08. The van der Waals surface area contributed by atoms with E-state index in [1.165, 1.54) is 46.8 Å². The molecule has 2 aromatic carbocycles. The molecule has 0 atom stereocenters. The van der Waals surface area contributed by atoms with Gasteiger partial charge in [-0.3, -0.25) is 0 Å². The van der Waals surface area contributed by atoms with Crippen LogP contribution < -0.4 is 4.80 Å². The zero-order chi connectivity index (χ0) is 22.3. The van der Waals surface area contributed by atoms with Gasteiger partial charge in [0.25, 0.3) is 10.0 Å². The van der Waals surface area contributed by atoms with Crippen LogP contribution in [-0.4, -0.2) is 28.9 Å². The topological polar surface area (TPSA) is 84.0 Å². The first kappa shape index (κ1) is 21.5. The average Bonchev–Trinajstić information content (AvgIpc) is 3.30. The van der Waals surface area contributed by atoms with Gasteiger partial charge in [0.2, 0.25) is 9.76 Å². The highest BCUT2D eigenvalue weighted by molar-refractivity contribution is 7.90. The molecule has 2 heterocycles. The predicted molar refractivity (Wildman–Crippen MR) is 128 cm³/mol. The highest BCUT2D eigenvalue weighted by Crippen LogP contribution is 2.35. The predicted octanol–water partition coefficient (Wildman–Crippen LogP) is 4.14. The van der Waals surface area contributed by atoms with Crippen LogP contribution in [0.1, 0.15) is 34.4 Å². The lowest BCUT2D eigenvalue weighted by Crippen LogP contribution is -2.06. The highest BCUT2D eigenvalue weighted by Gasteiger charge is 2.20. The van der Waals surface area contributed by atoms with Crippen molar-refractivity contribution < 1.29 is 13.5 Å². The molecule has 0 fully saturated rings. The summed E-state index contributed by atoms with van der Waals surface area (Å²) < 4.78 is 31.5. The minimum atomic E-state index is -3.84. The van der Waals surface area contributed by atoms with Crippen molar-refractivity contribution in [3.63, 3.8) is 0 Å². The summed E-state index contributed by atoms with van der Waals surface area (Å²) in [7, 11) is -3.84. The van der Waals surface area contributed by atoms with Crippen LogP contribution in [0.2, 0.25) is 0 Å². The summed E-state index contributed by atoms with van der Waals surface area (Å²) in [6.07, 6.45) is 5.16. The Morgan fingerprint density at radius 3 is 2.59 bits per heavy atom. The molecule has 2 aromatic heterocycles. The van der Waals surface area contributed by atoms with Crippen LogP contribution in [-0.2, 0) is 29.3 Å². The number of aliphatic hydroxyl groups is 1. The van der Waals surface area contributed by atoms with Crippen LogP contribution in [0.3, 0.4) is 0 Å². The molecule has 1 aliphatic carbocycles. The van der Waals surface area contributed by atoms with Gasteiger partial charge >= 0.3 is 0 Å². The van der Waals surface area contributed by atoms with Crippen LogP contribution in [0.5, 0.6) is 0 Å².